The molecule has 77 heavy (non-hydrogen) atoms. The van der Waals surface area contributed by atoms with Crippen LogP contribution >= 0.6 is 15.5 Å². The summed E-state index contributed by atoms with van der Waals surface area (Å²) in [5.74, 6) is 0. The molecule has 6 rings (SSSR count). The van der Waals surface area contributed by atoms with Gasteiger partial charge in [-0.3, -0.25) is 0 Å². The molecule has 0 spiro atoms. The van der Waals surface area contributed by atoms with E-state index in [-0.39, 0.29) is 0 Å². The molecule has 0 heterocycles. The number of benzene rings is 5. The van der Waals surface area contributed by atoms with Crippen molar-refractivity contribution >= 4 is 36.7 Å². The zero-order valence-corrected chi connectivity index (χ0v) is 51.9. The molecule has 5 aromatic rings. The molecule has 0 saturated heterocycles. The molecule has 0 radical (unpaired) electrons. The summed E-state index contributed by atoms with van der Waals surface area (Å²) in [6.45, 7) is 9.30. The Morgan fingerprint density at radius 1 is 0.351 bits per heavy atom. The van der Waals surface area contributed by atoms with Gasteiger partial charge in [-0.15, -0.1) is 0 Å². The van der Waals surface area contributed by atoms with Crippen LogP contribution in [0.2, 0.25) is 0 Å². The number of hydrogen-bond acceptors (Lipinski definition) is 1. The number of hydrogen-bond donors (Lipinski definition) is 1. The maximum atomic E-state index is 4.97. The van der Waals surface area contributed by atoms with Gasteiger partial charge in [-0.2, -0.15) is 4.86 Å². The maximum absolute atomic E-state index is 4.97. The van der Waals surface area contributed by atoms with E-state index in [1.807, 2.05) is 0 Å². The highest BCUT2D eigenvalue weighted by atomic mass is 31.2. The van der Waals surface area contributed by atoms with Gasteiger partial charge in [-0.25, -0.2) is 0 Å². The van der Waals surface area contributed by atoms with Crippen LogP contribution in [0.15, 0.2) is 121 Å². The van der Waals surface area contributed by atoms with Crippen molar-refractivity contribution in [2.24, 2.45) is 0 Å². The van der Waals surface area contributed by atoms with E-state index < -0.39 is 15.5 Å². The molecule has 1 nitrogen and oxygen atoms in total. The van der Waals surface area contributed by atoms with Gasteiger partial charge in [0.15, 0.2) is 7.41 Å². The molecule has 1 N–H and O–H groups in total. The highest BCUT2D eigenvalue weighted by molar-refractivity contribution is 7.96. The van der Waals surface area contributed by atoms with E-state index in [0.717, 1.165) is 12.8 Å². The first-order chi connectivity index (χ1) is 38.1. The van der Waals surface area contributed by atoms with Crippen LogP contribution in [0.3, 0.4) is 0 Å². The van der Waals surface area contributed by atoms with Gasteiger partial charge >= 0.3 is 0 Å². The SMILES string of the molecule is CCCCCCCCCCc1ccc([P+](NP(c2cccc(CCCCCCCCCC)c2)c2cccc(CCCCCCCCCC)c2)(c2ccc(CCCCCCCCCC)cc2)C2CCc3ccccc3C2)cc1. The van der Waals surface area contributed by atoms with Gasteiger partial charge in [0.25, 0.3) is 0 Å². The van der Waals surface area contributed by atoms with Crippen molar-refractivity contribution in [3.63, 3.8) is 0 Å². The summed E-state index contributed by atoms with van der Waals surface area (Å²) in [6.07, 6.45) is 51.9. The Morgan fingerprint density at radius 2 is 0.688 bits per heavy atom. The monoisotopic (exact) mass is 1080 g/mol. The van der Waals surface area contributed by atoms with Gasteiger partial charge in [0.1, 0.15) is 10.6 Å². The van der Waals surface area contributed by atoms with Crippen molar-refractivity contribution in [1.82, 2.24) is 4.86 Å². The van der Waals surface area contributed by atoms with E-state index in [1.54, 1.807) is 21.7 Å². The Balaban J connectivity index is 1.37. The fourth-order valence-electron chi connectivity index (χ4n) is 12.5. The molecule has 1 atom stereocenters. The highest BCUT2D eigenvalue weighted by Crippen LogP contribution is 2.64. The second-order valence-electron chi connectivity index (χ2n) is 23.9. The molecule has 0 aliphatic heterocycles. The minimum atomic E-state index is -2.29. The van der Waals surface area contributed by atoms with Gasteiger partial charge in [0.2, 0.25) is 0 Å². The maximum Gasteiger partial charge on any atom is 0.153 e. The van der Waals surface area contributed by atoms with Crippen molar-refractivity contribution in [3.8, 4) is 0 Å². The van der Waals surface area contributed by atoms with Crippen molar-refractivity contribution in [2.75, 3.05) is 0 Å². The van der Waals surface area contributed by atoms with Crippen molar-refractivity contribution in [1.29, 1.82) is 0 Å². The first-order valence-corrected chi connectivity index (χ1v) is 36.2. The Kier molecular flexibility index (Phi) is 31.6. The molecule has 0 bridgehead atoms. The zero-order chi connectivity index (χ0) is 53.9. The van der Waals surface area contributed by atoms with Gasteiger partial charge in [0.05, 0.1) is 13.7 Å². The Labute approximate surface area is 477 Å². The average Bonchev–Trinajstić information content (AvgIpc) is 3.47. The summed E-state index contributed by atoms with van der Waals surface area (Å²) in [5, 5.41) is 6.10. The number of rotatable bonds is 43. The second kappa shape index (κ2) is 38.5. The molecule has 0 fully saturated rings. The lowest BCUT2D eigenvalue weighted by Gasteiger charge is -2.39. The number of fused-ring (bicyclic) bond motifs is 1. The number of nitrogens with one attached hydrogen (secondary N) is 1. The molecule has 1 unspecified atom stereocenters. The minimum Gasteiger partial charge on any atom is -0.154 e. The van der Waals surface area contributed by atoms with Gasteiger partial charge < -0.3 is 0 Å². The summed E-state index contributed by atoms with van der Waals surface area (Å²) in [6, 6.07) is 50.2. The van der Waals surface area contributed by atoms with Gasteiger partial charge in [-0.1, -0.05) is 292 Å². The summed E-state index contributed by atoms with van der Waals surface area (Å²) < 4.78 is 0. The third-order valence-electron chi connectivity index (χ3n) is 17.4. The summed E-state index contributed by atoms with van der Waals surface area (Å²) in [4.78, 5) is 4.97. The third-order valence-corrected chi connectivity index (χ3v) is 24.8. The highest BCUT2D eigenvalue weighted by Gasteiger charge is 2.53. The molecule has 0 saturated carbocycles. The van der Waals surface area contributed by atoms with E-state index in [9.17, 15) is 0 Å². The molecule has 0 amide bonds. The van der Waals surface area contributed by atoms with Crippen LogP contribution in [0, 0.1) is 0 Å². The summed E-state index contributed by atoms with van der Waals surface area (Å²) >= 11 is 0. The van der Waals surface area contributed by atoms with Crippen molar-refractivity contribution < 1.29 is 0 Å². The smallest absolute Gasteiger partial charge is 0.153 e. The molecule has 422 valence electrons. The van der Waals surface area contributed by atoms with Gasteiger partial charge in [-0.05, 0) is 145 Å². The molecule has 3 heteroatoms. The van der Waals surface area contributed by atoms with E-state index in [2.05, 4.69) is 149 Å². The van der Waals surface area contributed by atoms with Crippen LogP contribution in [-0.4, -0.2) is 5.66 Å². The lowest BCUT2D eigenvalue weighted by Crippen LogP contribution is -2.43. The minimum absolute atomic E-state index is 0.487. The van der Waals surface area contributed by atoms with Crippen molar-refractivity contribution in [3.05, 3.63) is 155 Å². The van der Waals surface area contributed by atoms with Crippen LogP contribution < -0.4 is 26.1 Å². The first kappa shape index (κ1) is 63.1. The van der Waals surface area contributed by atoms with Crippen LogP contribution in [0.1, 0.15) is 273 Å². The predicted molar refractivity (Wildman–Crippen MR) is 349 cm³/mol. The topological polar surface area (TPSA) is 12.0 Å². The molecule has 5 aromatic carbocycles. The standard InChI is InChI=1S/C74H112NP2/c1-5-9-13-17-21-25-29-33-41-64-51-56-72(57-52-64)77(74-60-55-68-47-37-38-48-69(68)63-74,73-58-53-65(54-59-73)42-34-30-26-22-18-14-10-6-2)75-76(70-49-39-45-66(61-70)43-35-31-27-23-19-15-11-7-3)71-50-40-46-67(62-71)44-36-32-28-24-20-16-12-8-4/h37-40,45-54,56-59,61-62,74-75H,5-36,41-44,55,60,63H2,1-4H3/q+1. The molecule has 1 aliphatic rings. The lowest BCUT2D eigenvalue weighted by atomic mass is 9.91. The Morgan fingerprint density at radius 3 is 1.06 bits per heavy atom. The fourth-order valence-corrected chi connectivity index (χ4v) is 21.0. The normalized spacial score (nSPS) is 13.6. The first-order valence-electron chi connectivity index (χ1n) is 33.0. The third kappa shape index (κ3) is 22.4. The average molecular weight is 1080 g/mol. The van der Waals surface area contributed by atoms with E-state index >= 15 is 0 Å². The summed E-state index contributed by atoms with van der Waals surface area (Å²) in [5.41, 5.74) is 9.67. The largest absolute Gasteiger partial charge is 0.154 e. The number of aryl methyl sites for hydroxylation is 5. The van der Waals surface area contributed by atoms with E-state index in [0.29, 0.717) is 5.66 Å². The zero-order valence-electron chi connectivity index (χ0n) is 50.1. The van der Waals surface area contributed by atoms with E-state index in [1.165, 1.54) is 270 Å². The summed E-state index contributed by atoms with van der Waals surface area (Å²) in [7, 11) is -3.22. The predicted octanol–water partition coefficient (Wildman–Crippen LogP) is 21.5. The Bertz CT molecular complexity index is 2130. The van der Waals surface area contributed by atoms with Crippen molar-refractivity contribution in [2.45, 2.75) is 284 Å². The molecule has 1 aliphatic carbocycles. The van der Waals surface area contributed by atoms with Crippen LogP contribution in [0.5, 0.6) is 0 Å². The molecular formula is C74H112NP2+. The van der Waals surface area contributed by atoms with E-state index in [4.69, 9.17) is 4.86 Å². The fraction of sp³-hybridized carbons (Fsp3) is 0.595. The molecular weight excluding hydrogens is 965 g/mol. The van der Waals surface area contributed by atoms with Crippen LogP contribution in [-0.2, 0) is 38.5 Å². The quantitative estimate of drug-likeness (QED) is 0.0303. The van der Waals surface area contributed by atoms with Gasteiger partial charge in [0, 0.05) is 6.42 Å². The molecule has 0 aromatic heterocycles. The Hall–Kier alpha value is -3.08. The second-order valence-corrected chi connectivity index (χ2v) is 29.6. The number of unbranched alkanes of at least 4 members (excludes halogenated alkanes) is 28. The lowest BCUT2D eigenvalue weighted by molar-refractivity contribution is 0.575. The van der Waals surface area contributed by atoms with Crippen LogP contribution in [0.4, 0.5) is 0 Å². The van der Waals surface area contributed by atoms with Crippen LogP contribution in [0.25, 0.3) is 0 Å².